The maximum absolute atomic E-state index is 11.2. The molecule has 1 unspecified atom stereocenters. The largest absolute Gasteiger partial charge is 0.463 e. The monoisotopic (exact) mass is 235 g/mol. The molecule has 0 bridgehead atoms. The summed E-state index contributed by atoms with van der Waals surface area (Å²) < 4.78 is 19.8. The van der Waals surface area contributed by atoms with Crippen LogP contribution in [-0.4, -0.2) is 59.3 Å². The summed E-state index contributed by atoms with van der Waals surface area (Å²) in [5, 5.41) is 0. The van der Waals surface area contributed by atoms with E-state index < -0.39 is 0 Å². The Balaban J connectivity index is 3.36. The maximum atomic E-state index is 11.2. The minimum absolute atomic E-state index is 0.172. The molecular formula is C10H21NO5. The lowest BCUT2D eigenvalue weighted by Crippen LogP contribution is -2.26. The van der Waals surface area contributed by atoms with Crippen LogP contribution in [0.15, 0.2) is 0 Å². The van der Waals surface area contributed by atoms with E-state index in [1.807, 2.05) is 0 Å². The zero-order valence-electron chi connectivity index (χ0n) is 9.94. The zero-order chi connectivity index (χ0) is 12.2. The fourth-order valence-corrected chi connectivity index (χ4v) is 0.966. The van der Waals surface area contributed by atoms with Gasteiger partial charge in [0.15, 0.2) is 0 Å². The molecule has 96 valence electrons. The molecule has 0 saturated heterocycles. The first-order valence-corrected chi connectivity index (χ1v) is 5.19. The van der Waals surface area contributed by atoms with Gasteiger partial charge in [-0.05, 0) is 0 Å². The number of carbonyl (C=O) groups excluding carboxylic acids is 1. The Kier molecular flexibility index (Phi) is 10.3. The molecule has 16 heavy (non-hydrogen) atoms. The van der Waals surface area contributed by atoms with Crippen LogP contribution in [0.4, 0.5) is 0 Å². The Morgan fingerprint density at radius 2 is 1.88 bits per heavy atom. The van der Waals surface area contributed by atoms with E-state index in [2.05, 4.69) is 0 Å². The summed E-state index contributed by atoms with van der Waals surface area (Å²) in [7, 11) is 3.11. The zero-order valence-corrected chi connectivity index (χ0v) is 9.94. The summed E-state index contributed by atoms with van der Waals surface area (Å²) in [6, 6.07) is 0. The van der Waals surface area contributed by atoms with E-state index in [0.717, 1.165) is 0 Å². The molecule has 0 aliphatic carbocycles. The van der Waals surface area contributed by atoms with Gasteiger partial charge in [-0.15, -0.1) is 0 Å². The van der Waals surface area contributed by atoms with Crippen LogP contribution in [0.1, 0.15) is 6.42 Å². The number of nitrogens with two attached hydrogens (primary N) is 1. The number of esters is 1. The normalized spacial score (nSPS) is 12.4. The molecule has 0 aromatic rings. The van der Waals surface area contributed by atoms with Crippen molar-refractivity contribution in [1.82, 2.24) is 0 Å². The summed E-state index contributed by atoms with van der Waals surface area (Å²) >= 11 is 0. The third-order valence-electron chi connectivity index (χ3n) is 1.91. The first-order chi connectivity index (χ1) is 7.74. The predicted octanol–water partition coefficient (Wildman–Crippen LogP) is -0.444. The standard InChI is InChI=1S/C10H21NO5/c1-13-3-4-15-5-6-16-10(12)7-9(8-11)14-2/h9H,3-8,11H2,1-2H3. The number of ether oxygens (including phenoxy) is 4. The second-order valence-electron chi connectivity index (χ2n) is 3.12. The Morgan fingerprint density at radius 3 is 2.44 bits per heavy atom. The van der Waals surface area contributed by atoms with Crippen LogP contribution in [0.2, 0.25) is 0 Å². The smallest absolute Gasteiger partial charge is 0.308 e. The number of hydrogen-bond donors (Lipinski definition) is 1. The van der Waals surface area contributed by atoms with Crippen molar-refractivity contribution in [2.24, 2.45) is 5.73 Å². The number of carbonyl (C=O) groups is 1. The van der Waals surface area contributed by atoms with Gasteiger partial charge in [-0.3, -0.25) is 4.79 Å². The van der Waals surface area contributed by atoms with E-state index in [4.69, 9.17) is 24.7 Å². The minimum atomic E-state index is -0.326. The molecular weight excluding hydrogens is 214 g/mol. The van der Waals surface area contributed by atoms with Crippen LogP contribution in [0, 0.1) is 0 Å². The fraction of sp³-hybridized carbons (Fsp3) is 0.900. The topological polar surface area (TPSA) is 80.0 Å². The van der Waals surface area contributed by atoms with Gasteiger partial charge in [0.1, 0.15) is 6.61 Å². The summed E-state index contributed by atoms with van der Waals surface area (Å²) in [5.74, 6) is -0.326. The van der Waals surface area contributed by atoms with E-state index in [9.17, 15) is 4.79 Å². The third-order valence-corrected chi connectivity index (χ3v) is 1.91. The average molecular weight is 235 g/mol. The van der Waals surface area contributed by atoms with Gasteiger partial charge in [0, 0.05) is 20.8 Å². The molecule has 0 aromatic carbocycles. The van der Waals surface area contributed by atoms with E-state index in [0.29, 0.717) is 26.4 Å². The predicted molar refractivity (Wildman–Crippen MR) is 58.1 cm³/mol. The molecule has 0 spiro atoms. The second kappa shape index (κ2) is 10.8. The Bertz CT molecular complexity index is 173. The van der Waals surface area contributed by atoms with E-state index in [-0.39, 0.29) is 25.1 Å². The van der Waals surface area contributed by atoms with Crippen LogP contribution in [-0.2, 0) is 23.7 Å². The summed E-state index contributed by atoms with van der Waals surface area (Å²) in [5.41, 5.74) is 5.37. The molecule has 0 aliphatic rings. The molecule has 0 radical (unpaired) electrons. The van der Waals surface area contributed by atoms with Crippen LogP contribution >= 0.6 is 0 Å². The molecule has 0 aromatic heterocycles. The van der Waals surface area contributed by atoms with Crippen molar-refractivity contribution in [2.45, 2.75) is 12.5 Å². The lowest BCUT2D eigenvalue weighted by molar-refractivity contribution is -0.147. The average Bonchev–Trinajstić information content (AvgIpc) is 2.30. The van der Waals surface area contributed by atoms with Crippen molar-refractivity contribution >= 4 is 5.97 Å². The van der Waals surface area contributed by atoms with Crippen LogP contribution in [0.5, 0.6) is 0 Å². The van der Waals surface area contributed by atoms with Crippen LogP contribution in [0.3, 0.4) is 0 Å². The van der Waals surface area contributed by atoms with Gasteiger partial charge < -0.3 is 24.7 Å². The van der Waals surface area contributed by atoms with Gasteiger partial charge in [0.2, 0.25) is 0 Å². The minimum Gasteiger partial charge on any atom is -0.463 e. The van der Waals surface area contributed by atoms with Crippen molar-refractivity contribution in [3.8, 4) is 0 Å². The first-order valence-electron chi connectivity index (χ1n) is 5.19. The van der Waals surface area contributed by atoms with Gasteiger partial charge in [0.25, 0.3) is 0 Å². The van der Waals surface area contributed by atoms with Crippen molar-refractivity contribution in [3.63, 3.8) is 0 Å². The van der Waals surface area contributed by atoms with Gasteiger partial charge in [-0.2, -0.15) is 0 Å². The van der Waals surface area contributed by atoms with Gasteiger partial charge in [0.05, 0.1) is 32.3 Å². The Morgan fingerprint density at radius 1 is 1.19 bits per heavy atom. The molecule has 0 rings (SSSR count). The maximum Gasteiger partial charge on any atom is 0.308 e. The molecule has 0 fully saturated rings. The van der Waals surface area contributed by atoms with E-state index >= 15 is 0 Å². The molecule has 0 saturated carbocycles. The van der Waals surface area contributed by atoms with Crippen LogP contribution < -0.4 is 5.73 Å². The van der Waals surface area contributed by atoms with Gasteiger partial charge >= 0.3 is 5.97 Å². The number of hydrogen-bond acceptors (Lipinski definition) is 6. The number of rotatable bonds is 10. The van der Waals surface area contributed by atoms with Gasteiger partial charge in [-0.1, -0.05) is 0 Å². The molecule has 1 atom stereocenters. The van der Waals surface area contributed by atoms with Crippen molar-refractivity contribution in [3.05, 3.63) is 0 Å². The highest BCUT2D eigenvalue weighted by Crippen LogP contribution is 1.97. The Hall–Kier alpha value is -0.690. The summed E-state index contributed by atoms with van der Waals surface area (Å²) in [6.45, 7) is 1.94. The lowest BCUT2D eigenvalue weighted by atomic mass is 10.2. The highest BCUT2D eigenvalue weighted by atomic mass is 16.6. The van der Waals surface area contributed by atoms with Gasteiger partial charge in [-0.25, -0.2) is 0 Å². The third kappa shape index (κ3) is 8.60. The molecule has 0 heterocycles. The fourth-order valence-electron chi connectivity index (χ4n) is 0.966. The SMILES string of the molecule is COCCOCCOC(=O)CC(CN)OC. The Labute approximate surface area is 96.0 Å². The lowest BCUT2D eigenvalue weighted by Gasteiger charge is -2.12. The first kappa shape index (κ1) is 15.3. The summed E-state index contributed by atoms with van der Waals surface area (Å²) in [4.78, 5) is 11.2. The van der Waals surface area contributed by atoms with E-state index in [1.54, 1.807) is 7.11 Å². The molecule has 0 amide bonds. The van der Waals surface area contributed by atoms with Crippen molar-refractivity contribution in [1.29, 1.82) is 0 Å². The molecule has 0 aliphatic heterocycles. The highest BCUT2D eigenvalue weighted by molar-refractivity contribution is 5.69. The quantitative estimate of drug-likeness (QED) is 0.408. The second-order valence-corrected chi connectivity index (χ2v) is 3.12. The molecule has 6 heteroatoms. The summed E-state index contributed by atoms with van der Waals surface area (Å²) in [6.07, 6.45) is -0.104. The van der Waals surface area contributed by atoms with Crippen molar-refractivity contribution < 1.29 is 23.7 Å². The number of methoxy groups -OCH3 is 2. The van der Waals surface area contributed by atoms with Crippen molar-refractivity contribution in [2.75, 3.05) is 47.2 Å². The molecule has 2 N–H and O–H groups in total. The van der Waals surface area contributed by atoms with E-state index in [1.165, 1.54) is 7.11 Å². The highest BCUT2D eigenvalue weighted by Gasteiger charge is 2.12. The van der Waals surface area contributed by atoms with Crippen LogP contribution in [0.25, 0.3) is 0 Å². The molecule has 6 nitrogen and oxygen atoms in total.